The summed E-state index contributed by atoms with van der Waals surface area (Å²) in [6.07, 6.45) is 3.93. The number of aryl methyl sites for hydroxylation is 2. The molecule has 3 atom stereocenters. The first kappa shape index (κ1) is 12.7. The fraction of sp³-hybridized carbons (Fsp3) is 0.714. The lowest BCUT2D eigenvalue weighted by Crippen LogP contribution is -2.33. The highest BCUT2D eigenvalue weighted by molar-refractivity contribution is 5.71. The number of hydrogen-bond donors (Lipinski definition) is 1. The monoisotopic (exact) mass is 263 g/mol. The van der Waals surface area contributed by atoms with Crippen molar-refractivity contribution in [1.82, 2.24) is 14.7 Å². The van der Waals surface area contributed by atoms with Crippen molar-refractivity contribution in [3.63, 3.8) is 0 Å². The SMILES string of the molecule is CCc1cc(CN2C3CCC2C(C(=O)O)C3)n(C)n1. The first-order valence-corrected chi connectivity index (χ1v) is 7.10. The Balaban J connectivity index is 1.77. The van der Waals surface area contributed by atoms with Gasteiger partial charge in [-0.25, -0.2) is 0 Å². The van der Waals surface area contributed by atoms with E-state index in [-0.39, 0.29) is 12.0 Å². The molecule has 0 aliphatic carbocycles. The topological polar surface area (TPSA) is 58.4 Å². The average Bonchev–Trinajstić information content (AvgIpc) is 3.04. The first-order chi connectivity index (χ1) is 9.10. The van der Waals surface area contributed by atoms with Crippen molar-refractivity contribution < 1.29 is 9.90 Å². The smallest absolute Gasteiger partial charge is 0.308 e. The number of hydrogen-bond acceptors (Lipinski definition) is 3. The van der Waals surface area contributed by atoms with Crippen molar-refractivity contribution in [3.8, 4) is 0 Å². The number of nitrogens with zero attached hydrogens (tertiary/aromatic N) is 3. The highest BCUT2D eigenvalue weighted by Crippen LogP contribution is 2.42. The van der Waals surface area contributed by atoms with E-state index >= 15 is 0 Å². The molecule has 0 aromatic carbocycles. The van der Waals surface area contributed by atoms with E-state index in [4.69, 9.17) is 0 Å². The van der Waals surface area contributed by atoms with Crippen molar-refractivity contribution in [1.29, 1.82) is 0 Å². The summed E-state index contributed by atoms with van der Waals surface area (Å²) in [5.74, 6) is -0.797. The third-order valence-corrected chi connectivity index (χ3v) is 4.73. The highest BCUT2D eigenvalue weighted by Gasteiger charge is 2.49. The maximum absolute atomic E-state index is 11.3. The molecule has 0 saturated carbocycles. The minimum Gasteiger partial charge on any atom is -0.481 e. The van der Waals surface area contributed by atoms with E-state index < -0.39 is 5.97 Å². The number of carboxylic acid groups (broad SMARTS) is 1. The molecule has 0 radical (unpaired) electrons. The van der Waals surface area contributed by atoms with Gasteiger partial charge in [0, 0.05) is 25.7 Å². The zero-order valence-electron chi connectivity index (χ0n) is 11.5. The summed E-state index contributed by atoms with van der Waals surface area (Å²) in [6.45, 7) is 2.94. The fourth-order valence-corrected chi connectivity index (χ4v) is 3.69. The van der Waals surface area contributed by atoms with Crippen LogP contribution in [0.3, 0.4) is 0 Å². The molecule has 104 valence electrons. The number of rotatable bonds is 4. The number of carbonyl (C=O) groups is 1. The van der Waals surface area contributed by atoms with Gasteiger partial charge >= 0.3 is 5.97 Å². The van der Waals surface area contributed by atoms with Crippen molar-refractivity contribution in [3.05, 3.63) is 17.5 Å². The molecule has 2 fully saturated rings. The third kappa shape index (κ3) is 2.06. The Kier molecular flexibility index (Phi) is 3.09. The van der Waals surface area contributed by atoms with Crippen LogP contribution >= 0.6 is 0 Å². The molecular weight excluding hydrogens is 242 g/mol. The van der Waals surface area contributed by atoms with Crippen LogP contribution in [0.2, 0.25) is 0 Å². The lowest BCUT2D eigenvalue weighted by molar-refractivity contribution is -0.142. The summed E-state index contributed by atoms with van der Waals surface area (Å²) < 4.78 is 1.94. The van der Waals surface area contributed by atoms with Gasteiger partial charge in [0.2, 0.25) is 0 Å². The lowest BCUT2D eigenvalue weighted by Gasteiger charge is -2.22. The molecule has 1 aromatic heterocycles. The van der Waals surface area contributed by atoms with Crippen LogP contribution in [-0.4, -0.2) is 37.8 Å². The van der Waals surface area contributed by atoms with E-state index in [0.717, 1.165) is 37.9 Å². The largest absolute Gasteiger partial charge is 0.481 e. The van der Waals surface area contributed by atoms with Gasteiger partial charge < -0.3 is 5.11 Å². The summed E-state index contributed by atoms with van der Waals surface area (Å²) in [5, 5.41) is 13.7. The minimum atomic E-state index is -0.628. The van der Waals surface area contributed by atoms with Crippen LogP contribution in [0.5, 0.6) is 0 Å². The minimum absolute atomic E-state index is 0.169. The van der Waals surface area contributed by atoms with Crippen LogP contribution in [0.1, 0.15) is 37.6 Å². The van der Waals surface area contributed by atoms with Gasteiger partial charge in [-0.2, -0.15) is 5.10 Å². The van der Waals surface area contributed by atoms with Crippen LogP contribution in [0.25, 0.3) is 0 Å². The van der Waals surface area contributed by atoms with Gasteiger partial charge in [0.1, 0.15) is 0 Å². The Morgan fingerprint density at radius 3 is 2.89 bits per heavy atom. The molecule has 5 heteroatoms. The van der Waals surface area contributed by atoms with Crippen LogP contribution in [0.4, 0.5) is 0 Å². The number of fused-ring (bicyclic) bond motifs is 2. The van der Waals surface area contributed by atoms with Crippen molar-refractivity contribution in [2.24, 2.45) is 13.0 Å². The molecule has 2 aliphatic rings. The number of aromatic nitrogens is 2. The standard InChI is InChI=1S/C14H21N3O2/c1-3-9-6-11(16(2)15-9)8-17-10-4-5-13(17)12(7-10)14(18)19/h6,10,12-13H,3-5,7-8H2,1-2H3,(H,18,19). The van der Waals surface area contributed by atoms with Crippen LogP contribution < -0.4 is 0 Å². The average molecular weight is 263 g/mol. The maximum Gasteiger partial charge on any atom is 0.308 e. The summed E-state index contributed by atoms with van der Waals surface area (Å²) >= 11 is 0. The molecule has 2 aliphatic heterocycles. The van der Waals surface area contributed by atoms with E-state index in [1.165, 1.54) is 5.69 Å². The first-order valence-electron chi connectivity index (χ1n) is 7.10. The van der Waals surface area contributed by atoms with Gasteiger partial charge in [-0.1, -0.05) is 6.92 Å². The molecule has 5 nitrogen and oxygen atoms in total. The van der Waals surface area contributed by atoms with Crippen molar-refractivity contribution in [2.45, 2.75) is 51.2 Å². The normalized spacial score (nSPS) is 30.1. The summed E-state index contributed by atoms with van der Waals surface area (Å²) in [7, 11) is 1.97. The van der Waals surface area contributed by atoms with Crippen LogP contribution in [-0.2, 0) is 24.8 Å². The van der Waals surface area contributed by atoms with E-state index in [1.54, 1.807) is 0 Å². The zero-order valence-corrected chi connectivity index (χ0v) is 11.5. The maximum atomic E-state index is 11.3. The summed E-state index contributed by atoms with van der Waals surface area (Å²) in [4.78, 5) is 13.6. The van der Waals surface area contributed by atoms with Crippen molar-refractivity contribution in [2.75, 3.05) is 0 Å². The highest BCUT2D eigenvalue weighted by atomic mass is 16.4. The molecule has 1 N–H and O–H groups in total. The van der Waals surface area contributed by atoms with Gasteiger partial charge in [0.15, 0.2) is 0 Å². The molecule has 0 amide bonds. The Hall–Kier alpha value is -1.36. The Morgan fingerprint density at radius 1 is 1.53 bits per heavy atom. The van der Waals surface area contributed by atoms with E-state index in [9.17, 15) is 9.90 Å². The number of carboxylic acids is 1. The lowest BCUT2D eigenvalue weighted by atomic mass is 9.89. The van der Waals surface area contributed by atoms with Gasteiger partial charge in [-0.3, -0.25) is 14.4 Å². The van der Waals surface area contributed by atoms with Gasteiger partial charge in [-0.15, -0.1) is 0 Å². The zero-order chi connectivity index (χ0) is 13.6. The van der Waals surface area contributed by atoms with Gasteiger partial charge in [0.05, 0.1) is 17.3 Å². The predicted molar refractivity (Wildman–Crippen MR) is 70.7 cm³/mol. The van der Waals surface area contributed by atoms with E-state index in [2.05, 4.69) is 23.0 Å². The molecule has 3 unspecified atom stereocenters. The molecule has 2 bridgehead atoms. The van der Waals surface area contributed by atoms with Crippen LogP contribution in [0.15, 0.2) is 6.07 Å². The van der Waals surface area contributed by atoms with E-state index in [0.29, 0.717) is 6.04 Å². The molecule has 19 heavy (non-hydrogen) atoms. The Bertz CT molecular complexity index is 497. The second-order valence-electron chi connectivity index (χ2n) is 5.76. The summed E-state index contributed by atoms with van der Waals surface area (Å²) in [5.41, 5.74) is 2.30. The number of aliphatic carboxylic acids is 1. The Labute approximate surface area is 113 Å². The van der Waals surface area contributed by atoms with Crippen LogP contribution in [0, 0.1) is 5.92 Å². The molecule has 0 spiro atoms. The quantitative estimate of drug-likeness (QED) is 0.892. The molecule has 3 heterocycles. The second-order valence-corrected chi connectivity index (χ2v) is 5.76. The summed E-state index contributed by atoms with van der Waals surface area (Å²) in [6, 6.07) is 2.82. The third-order valence-electron chi connectivity index (χ3n) is 4.73. The molecule has 3 rings (SSSR count). The van der Waals surface area contributed by atoms with Crippen molar-refractivity contribution >= 4 is 5.97 Å². The van der Waals surface area contributed by atoms with Gasteiger partial charge in [0.25, 0.3) is 0 Å². The fourth-order valence-electron chi connectivity index (χ4n) is 3.69. The molecule has 1 aromatic rings. The van der Waals surface area contributed by atoms with Gasteiger partial charge in [-0.05, 0) is 31.7 Å². The molecule has 2 saturated heterocycles. The second kappa shape index (κ2) is 4.63. The van der Waals surface area contributed by atoms with E-state index in [1.807, 2.05) is 11.7 Å². The Morgan fingerprint density at radius 2 is 2.32 bits per heavy atom. The molecular formula is C14H21N3O2. The predicted octanol–water partition coefficient (Wildman–Crippen LogP) is 1.42.